The van der Waals surface area contributed by atoms with E-state index in [4.69, 9.17) is 0 Å². The van der Waals surface area contributed by atoms with Crippen molar-refractivity contribution >= 4 is 33.0 Å². The minimum absolute atomic E-state index is 0.0120. The first-order chi connectivity index (χ1) is 12.5. The van der Waals surface area contributed by atoms with Gasteiger partial charge >= 0.3 is 0 Å². The summed E-state index contributed by atoms with van der Waals surface area (Å²) in [7, 11) is -3.64. The Morgan fingerprint density at radius 3 is 2.81 bits per heavy atom. The van der Waals surface area contributed by atoms with E-state index in [-0.39, 0.29) is 29.2 Å². The van der Waals surface area contributed by atoms with Crippen molar-refractivity contribution in [3.8, 4) is 0 Å². The molecule has 1 aromatic heterocycles. The maximum absolute atomic E-state index is 13.1. The molecule has 2 aromatic rings. The molecule has 0 saturated carbocycles. The Morgan fingerprint density at radius 1 is 1.23 bits per heavy atom. The Balaban J connectivity index is 1.62. The molecule has 4 rings (SSSR count). The number of nitrogens with one attached hydrogen (secondary N) is 1. The number of carbonyl (C=O) groups is 1. The van der Waals surface area contributed by atoms with Gasteiger partial charge in [0.25, 0.3) is 0 Å². The molecule has 0 unspecified atom stereocenters. The number of aryl methyl sites for hydroxylation is 1. The van der Waals surface area contributed by atoms with Crippen LogP contribution in [0.4, 0.5) is 5.69 Å². The normalized spacial score (nSPS) is 23.7. The fourth-order valence-corrected chi connectivity index (χ4v) is 6.04. The molecule has 2 N–H and O–H groups in total. The minimum Gasteiger partial charge on any atom is -0.396 e. The summed E-state index contributed by atoms with van der Waals surface area (Å²) in [5.74, 6) is -0.133. The van der Waals surface area contributed by atoms with E-state index < -0.39 is 10.0 Å². The van der Waals surface area contributed by atoms with E-state index >= 15 is 0 Å². The largest absolute Gasteiger partial charge is 0.396 e. The number of thiophene rings is 1. The molecule has 26 heavy (non-hydrogen) atoms. The lowest BCUT2D eigenvalue weighted by Crippen LogP contribution is -2.30. The fraction of sp³-hybridized carbons (Fsp3) is 0.389. The van der Waals surface area contributed by atoms with Gasteiger partial charge in [0.15, 0.2) is 0 Å². The molecular formula is C18H20N2O4S2. The molecular weight excluding hydrogens is 372 g/mol. The van der Waals surface area contributed by atoms with Gasteiger partial charge in [-0.05, 0) is 52.6 Å². The number of sulfonamides is 1. The molecule has 1 aromatic carbocycles. The van der Waals surface area contributed by atoms with Crippen molar-refractivity contribution in [3.05, 3.63) is 46.2 Å². The van der Waals surface area contributed by atoms with Gasteiger partial charge in [0.05, 0.1) is 4.90 Å². The molecule has 138 valence electrons. The summed E-state index contributed by atoms with van der Waals surface area (Å²) in [6.07, 6.45) is 0.911. The summed E-state index contributed by atoms with van der Waals surface area (Å²) in [5, 5.41) is 16.5. The smallest absolute Gasteiger partial charge is 0.243 e. The Hall–Kier alpha value is -1.74. The van der Waals surface area contributed by atoms with Crippen molar-refractivity contribution in [1.82, 2.24) is 4.31 Å². The van der Waals surface area contributed by atoms with Crippen molar-refractivity contribution in [2.75, 3.05) is 25.0 Å². The lowest BCUT2D eigenvalue weighted by atomic mass is 9.92. The van der Waals surface area contributed by atoms with Crippen molar-refractivity contribution in [3.63, 3.8) is 0 Å². The average molecular weight is 393 g/mol. The van der Waals surface area contributed by atoms with Gasteiger partial charge in [-0.3, -0.25) is 4.79 Å². The molecule has 2 aliphatic heterocycles. The van der Waals surface area contributed by atoms with E-state index in [1.54, 1.807) is 29.5 Å². The molecule has 0 radical (unpaired) electrons. The molecule has 0 aliphatic carbocycles. The van der Waals surface area contributed by atoms with Gasteiger partial charge in [0.1, 0.15) is 0 Å². The van der Waals surface area contributed by atoms with Crippen LogP contribution in [0.3, 0.4) is 0 Å². The summed E-state index contributed by atoms with van der Waals surface area (Å²) in [5.41, 5.74) is 2.61. The number of benzene rings is 1. The predicted octanol–water partition coefficient (Wildman–Crippen LogP) is 2.03. The second kappa shape index (κ2) is 6.77. The number of hydrogen-bond acceptors (Lipinski definition) is 5. The first-order valence-electron chi connectivity index (χ1n) is 8.55. The maximum Gasteiger partial charge on any atom is 0.243 e. The zero-order valence-electron chi connectivity index (χ0n) is 14.1. The highest BCUT2D eigenvalue weighted by atomic mass is 32.2. The summed E-state index contributed by atoms with van der Waals surface area (Å²) in [6.45, 7) is 0.647. The van der Waals surface area contributed by atoms with E-state index in [0.29, 0.717) is 31.6 Å². The highest BCUT2D eigenvalue weighted by Gasteiger charge is 2.40. The number of hydrogen-bond donors (Lipinski definition) is 2. The van der Waals surface area contributed by atoms with Gasteiger partial charge in [-0.1, -0.05) is 0 Å². The van der Waals surface area contributed by atoms with Crippen LogP contribution in [0.2, 0.25) is 0 Å². The summed E-state index contributed by atoms with van der Waals surface area (Å²) < 4.78 is 27.7. The van der Waals surface area contributed by atoms with E-state index in [2.05, 4.69) is 5.32 Å². The molecule has 1 saturated heterocycles. The Labute approximate surface area is 156 Å². The molecule has 1 fully saturated rings. The van der Waals surface area contributed by atoms with Crippen LogP contribution in [-0.4, -0.2) is 43.4 Å². The summed E-state index contributed by atoms with van der Waals surface area (Å²) >= 11 is 1.58. The topological polar surface area (TPSA) is 86.7 Å². The molecule has 2 atom stereocenters. The molecule has 0 bridgehead atoms. The number of anilines is 1. The third kappa shape index (κ3) is 3.07. The third-order valence-corrected chi connectivity index (χ3v) is 7.75. The van der Waals surface area contributed by atoms with Gasteiger partial charge < -0.3 is 10.4 Å². The number of rotatable bonds is 4. The van der Waals surface area contributed by atoms with Crippen molar-refractivity contribution in [1.29, 1.82) is 0 Å². The molecule has 8 heteroatoms. The predicted molar refractivity (Wildman–Crippen MR) is 99.8 cm³/mol. The molecule has 0 spiro atoms. The van der Waals surface area contributed by atoms with Gasteiger partial charge in [-0.15, -0.1) is 0 Å². The van der Waals surface area contributed by atoms with Gasteiger partial charge in [-0.25, -0.2) is 8.42 Å². The van der Waals surface area contributed by atoms with Crippen molar-refractivity contribution in [2.24, 2.45) is 5.92 Å². The SMILES string of the molecule is O=C1CCc2cc(S(=O)(=O)N3C[C@H](CO)[C@H](c4ccsc4)C3)ccc2N1. The standard InChI is InChI=1S/C18H20N2O4S2/c21-10-14-8-20(9-16(14)13-5-6-25-11-13)26(23,24)15-2-3-17-12(7-15)1-4-18(22)19-17/h2-3,5-7,11,14,16,21H,1,4,8-10H2,(H,19,22)/t14-,16+/m1/s1. The molecule has 1 amide bonds. The van der Waals surface area contributed by atoms with E-state index in [1.807, 2.05) is 16.8 Å². The van der Waals surface area contributed by atoms with E-state index in [9.17, 15) is 18.3 Å². The average Bonchev–Trinajstić information content (AvgIpc) is 3.30. The quantitative estimate of drug-likeness (QED) is 0.834. The fourth-order valence-electron chi connectivity index (χ4n) is 3.75. The Morgan fingerprint density at radius 2 is 2.08 bits per heavy atom. The lowest BCUT2D eigenvalue weighted by molar-refractivity contribution is -0.116. The summed E-state index contributed by atoms with van der Waals surface area (Å²) in [4.78, 5) is 11.7. The first-order valence-corrected chi connectivity index (χ1v) is 10.9. The van der Waals surface area contributed by atoms with Crippen LogP contribution in [0.15, 0.2) is 39.9 Å². The van der Waals surface area contributed by atoms with Crippen LogP contribution < -0.4 is 5.32 Å². The lowest BCUT2D eigenvalue weighted by Gasteiger charge is -2.20. The number of nitrogens with zero attached hydrogens (tertiary/aromatic N) is 1. The Kier molecular flexibility index (Phi) is 4.60. The minimum atomic E-state index is -3.64. The molecule has 3 heterocycles. The van der Waals surface area contributed by atoms with E-state index in [0.717, 1.165) is 11.1 Å². The highest BCUT2D eigenvalue weighted by Crippen LogP contribution is 2.37. The summed E-state index contributed by atoms with van der Waals surface area (Å²) in [6, 6.07) is 6.87. The number of carbonyl (C=O) groups excluding carboxylic acids is 1. The highest BCUT2D eigenvalue weighted by molar-refractivity contribution is 7.89. The number of amides is 1. The number of aliphatic hydroxyl groups excluding tert-OH is 1. The second-order valence-corrected chi connectivity index (χ2v) is 9.51. The van der Waals surface area contributed by atoms with Gasteiger partial charge in [-0.2, -0.15) is 15.6 Å². The molecule has 6 nitrogen and oxygen atoms in total. The van der Waals surface area contributed by atoms with Crippen molar-refractivity contribution in [2.45, 2.75) is 23.7 Å². The van der Waals surface area contributed by atoms with Crippen LogP contribution in [0.1, 0.15) is 23.5 Å². The van der Waals surface area contributed by atoms with Crippen LogP contribution in [0, 0.1) is 5.92 Å². The van der Waals surface area contributed by atoms with Crippen molar-refractivity contribution < 1.29 is 18.3 Å². The second-order valence-electron chi connectivity index (χ2n) is 6.79. The Bertz CT molecular complexity index is 925. The van der Waals surface area contributed by atoms with Gasteiger partial charge in [0, 0.05) is 43.6 Å². The van der Waals surface area contributed by atoms with Crippen LogP contribution in [0.25, 0.3) is 0 Å². The monoisotopic (exact) mass is 392 g/mol. The first kappa shape index (κ1) is 17.7. The maximum atomic E-state index is 13.1. The number of aliphatic hydroxyl groups is 1. The van der Waals surface area contributed by atoms with Crippen LogP contribution in [-0.2, 0) is 21.2 Å². The molecule has 2 aliphatic rings. The number of fused-ring (bicyclic) bond motifs is 1. The van der Waals surface area contributed by atoms with Crippen LogP contribution in [0.5, 0.6) is 0 Å². The zero-order valence-corrected chi connectivity index (χ0v) is 15.7. The van der Waals surface area contributed by atoms with Crippen LogP contribution >= 0.6 is 11.3 Å². The van der Waals surface area contributed by atoms with E-state index in [1.165, 1.54) is 4.31 Å². The van der Waals surface area contributed by atoms with Gasteiger partial charge in [0.2, 0.25) is 15.9 Å². The third-order valence-electron chi connectivity index (χ3n) is 5.22. The zero-order chi connectivity index (χ0) is 18.3.